The molecule has 28 heavy (non-hydrogen) atoms. The molecule has 0 radical (unpaired) electrons. The largest absolute Gasteiger partial charge is 0.492 e. The molecule has 1 aliphatic carbocycles. The van der Waals surface area contributed by atoms with Crippen LogP contribution in [0.2, 0.25) is 0 Å². The highest BCUT2D eigenvalue weighted by molar-refractivity contribution is 6.00. The van der Waals surface area contributed by atoms with E-state index in [0.717, 1.165) is 58.3 Å². The van der Waals surface area contributed by atoms with E-state index in [4.69, 9.17) is 4.74 Å². The van der Waals surface area contributed by atoms with Crippen molar-refractivity contribution in [2.45, 2.75) is 45.4 Å². The Labute approximate surface area is 167 Å². The molecule has 4 rings (SSSR count). The molecule has 1 saturated carbocycles. The fourth-order valence-electron chi connectivity index (χ4n) is 4.74. The molecule has 1 spiro atoms. The van der Waals surface area contributed by atoms with Crippen LogP contribution in [0.3, 0.4) is 0 Å². The van der Waals surface area contributed by atoms with E-state index in [-0.39, 0.29) is 23.1 Å². The summed E-state index contributed by atoms with van der Waals surface area (Å²) in [6, 6.07) is 5.41. The van der Waals surface area contributed by atoms with Crippen molar-refractivity contribution in [2.24, 2.45) is 11.3 Å². The monoisotopic (exact) mass is 385 g/mol. The Balaban J connectivity index is 1.49. The first-order chi connectivity index (χ1) is 13.6. The summed E-state index contributed by atoms with van der Waals surface area (Å²) in [5.41, 5.74) is 1.42. The van der Waals surface area contributed by atoms with Gasteiger partial charge in [-0.3, -0.25) is 9.59 Å². The molecule has 0 bridgehead atoms. The second-order valence-corrected chi connectivity index (χ2v) is 8.36. The molecule has 6 heteroatoms. The molecule has 2 saturated heterocycles. The van der Waals surface area contributed by atoms with E-state index in [1.165, 1.54) is 6.42 Å². The topological polar surface area (TPSA) is 70.7 Å². The van der Waals surface area contributed by atoms with Gasteiger partial charge in [0.2, 0.25) is 5.91 Å². The van der Waals surface area contributed by atoms with E-state index in [1.807, 2.05) is 24.0 Å². The summed E-state index contributed by atoms with van der Waals surface area (Å²) in [5.74, 6) is 0.807. The lowest BCUT2D eigenvalue weighted by Crippen LogP contribution is -2.35. The van der Waals surface area contributed by atoms with Gasteiger partial charge in [-0.25, -0.2) is 0 Å². The zero-order chi connectivity index (χ0) is 19.6. The van der Waals surface area contributed by atoms with Gasteiger partial charge in [-0.15, -0.1) is 0 Å². The number of benzene rings is 1. The quantitative estimate of drug-likeness (QED) is 0.817. The average Bonchev–Trinajstić information content (AvgIpc) is 3.43. The standard InChI is InChI=1S/C22H31N3O3/c1-2-28-19-7-6-16(21(27)25-12-4-3-5-13-25)14-18(19)24-20(26)17-15-22(17)8-10-23-11-9-22/h6-7,14,17,23H,2-5,8-13,15H2,1H3,(H,24,26). The molecular formula is C22H31N3O3. The van der Waals surface area contributed by atoms with Crippen LogP contribution in [0.4, 0.5) is 5.69 Å². The third kappa shape index (κ3) is 3.88. The molecule has 1 unspecified atom stereocenters. The van der Waals surface area contributed by atoms with Gasteiger partial charge < -0.3 is 20.3 Å². The average molecular weight is 386 g/mol. The lowest BCUT2D eigenvalue weighted by Gasteiger charge is -2.27. The van der Waals surface area contributed by atoms with Crippen molar-refractivity contribution in [3.63, 3.8) is 0 Å². The zero-order valence-corrected chi connectivity index (χ0v) is 16.8. The van der Waals surface area contributed by atoms with Crippen molar-refractivity contribution in [3.8, 4) is 5.75 Å². The molecule has 1 atom stereocenters. The molecule has 152 valence electrons. The van der Waals surface area contributed by atoms with Gasteiger partial charge in [0.05, 0.1) is 12.3 Å². The van der Waals surface area contributed by atoms with Crippen LogP contribution in [0.15, 0.2) is 18.2 Å². The second-order valence-electron chi connectivity index (χ2n) is 8.36. The van der Waals surface area contributed by atoms with Crippen LogP contribution in [-0.2, 0) is 4.79 Å². The fourth-order valence-corrected chi connectivity index (χ4v) is 4.74. The Kier molecular flexibility index (Phi) is 5.58. The lowest BCUT2D eigenvalue weighted by atomic mass is 9.92. The first kappa shape index (κ1) is 19.2. The second kappa shape index (κ2) is 8.11. The Morgan fingerprint density at radius 2 is 1.96 bits per heavy atom. The minimum Gasteiger partial charge on any atom is -0.492 e. The fraction of sp³-hybridized carbons (Fsp3) is 0.636. The van der Waals surface area contributed by atoms with E-state index in [2.05, 4.69) is 10.6 Å². The van der Waals surface area contributed by atoms with Crippen LogP contribution in [0.5, 0.6) is 5.75 Å². The highest BCUT2D eigenvalue weighted by Crippen LogP contribution is 2.58. The van der Waals surface area contributed by atoms with E-state index < -0.39 is 0 Å². The van der Waals surface area contributed by atoms with Crippen molar-refractivity contribution in [3.05, 3.63) is 23.8 Å². The number of hydrogen-bond donors (Lipinski definition) is 2. The summed E-state index contributed by atoms with van der Waals surface area (Å²) < 4.78 is 5.71. The van der Waals surface area contributed by atoms with Crippen LogP contribution in [0.1, 0.15) is 55.8 Å². The number of anilines is 1. The van der Waals surface area contributed by atoms with Crippen molar-refractivity contribution < 1.29 is 14.3 Å². The number of carbonyl (C=O) groups is 2. The van der Waals surface area contributed by atoms with Crippen molar-refractivity contribution >= 4 is 17.5 Å². The number of hydrogen-bond acceptors (Lipinski definition) is 4. The summed E-state index contributed by atoms with van der Waals surface area (Å²) in [6.45, 7) is 6.05. The van der Waals surface area contributed by atoms with Gasteiger partial charge in [-0.05, 0) is 82.2 Å². The molecule has 3 aliphatic rings. The maximum absolute atomic E-state index is 12.9. The maximum atomic E-state index is 12.9. The number of likely N-dealkylation sites (tertiary alicyclic amines) is 1. The maximum Gasteiger partial charge on any atom is 0.253 e. The van der Waals surface area contributed by atoms with Gasteiger partial charge in [-0.1, -0.05) is 0 Å². The predicted octanol–water partition coefficient (Wildman–Crippen LogP) is 3.04. The minimum atomic E-state index is 0.0412. The van der Waals surface area contributed by atoms with Crippen LogP contribution < -0.4 is 15.4 Å². The molecule has 1 aromatic carbocycles. The summed E-state index contributed by atoms with van der Waals surface area (Å²) in [6.07, 6.45) is 6.41. The first-order valence-electron chi connectivity index (χ1n) is 10.7. The number of carbonyl (C=O) groups excluding carboxylic acids is 2. The third-order valence-corrected chi connectivity index (χ3v) is 6.53. The van der Waals surface area contributed by atoms with Gasteiger partial charge in [0.1, 0.15) is 5.75 Å². The molecular weight excluding hydrogens is 354 g/mol. The Morgan fingerprint density at radius 3 is 2.68 bits per heavy atom. The summed E-state index contributed by atoms with van der Waals surface area (Å²) in [7, 11) is 0. The third-order valence-electron chi connectivity index (χ3n) is 6.53. The van der Waals surface area contributed by atoms with Gasteiger partial charge in [0.25, 0.3) is 5.91 Å². The van der Waals surface area contributed by atoms with Crippen molar-refractivity contribution in [2.75, 3.05) is 38.1 Å². The van der Waals surface area contributed by atoms with Gasteiger partial charge >= 0.3 is 0 Å². The highest BCUT2D eigenvalue weighted by atomic mass is 16.5. The van der Waals surface area contributed by atoms with E-state index in [1.54, 1.807) is 6.07 Å². The van der Waals surface area contributed by atoms with Crippen LogP contribution in [0.25, 0.3) is 0 Å². The van der Waals surface area contributed by atoms with Gasteiger partial charge in [0.15, 0.2) is 0 Å². The zero-order valence-electron chi connectivity index (χ0n) is 16.8. The van der Waals surface area contributed by atoms with E-state index in [0.29, 0.717) is 23.6 Å². The van der Waals surface area contributed by atoms with Crippen LogP contribution in [-0.4, -0.2) is 49.5 Å². The van der Waals surface area contributed by atoms with Crippen molar-refractivity contribution in [1.82, 2.24) is 10.2 Å². The lowest BCUT2D eigenvalue weighted by molar-refractivity contribution is -0.118. The molecule has 1 aromatic rings. The number of ether oxygens (including phenoxy) is 1. The Morgan fingerprint density at radius 1 is 1.21 bits per heavy atom. The van der Waals surface area contributed by atoms with Crippen LogP contribution >= 0.6 is 0 Å². The molecule has 2 amide bonds. The van der Waals surface area contributed by atoms with Crippen LogP contribution in [0, 0.1) is 11.3 Å². The number of nitrogens with one attached hydrogen (secondary N) is 2. The van der Waals surface area contributed by atoms with Crippen molar-refractivity contribution in [1.29, 1.82) is 0 Å². The number of piperidine rings is 2. The molecule has 6 nitrogen and oxygen atoms in total. The summed E-state index contributed by atoms with van der Waals surface area (Å²) in [5, 5.41) is 6.44. The number of rotatable bonds is 5. The molecule has 2 heterocycles. The minimum absolute atomic E-state index is 0.0412. The summed E-state index contributed by atoms with van der Waals surface area (Å²) in [4.78, 5) is 27.7. The Bertz CT molecular complexity index is 737. The number of nitrogens with zero attached hydrogens (tertiary/aromatic N) is 1. The SMILES string of the molecule is CCOc1ccc(C(=O)N2CCCCC2)cc1NC(=O)C1CC12CCNCC2. The first-order valence-corrected chi connectivity index (χ1v) is 10.7. The Hall–Kier alpha value is -2.08. The normalized spacial score (nSPS) is 23.3. The van der Waals surface area contributed by atoms with E-state index in [9.17, 15) is 9.59 Å². The molecule has 3 fully saturated rings. The predicted molar refractivity (Wildman–Crippen MR) is 109 cm³/mol. The van der Waals surface area contributed by atoms with Gasteiger partial charge in [-0.2, -0.15) is 0 Å². The van der Waals surface area contributed by atoms with Gasteiger partial charge in [0, 0.05) is 24.6 Å². The summed E-state index contributed by atoms with van der Waals surface area (Å²) >= 11 is 0. The molecule has 2 N–H and O–H groups in total. The molecule has 2 aliphatic heterocycles. The number of amides is 2. The smallest absolute Gasteiger partial charge is 0.253 e. The molecule has 0 aromatic heterocycles. The van der Waals surface area contributed by atoms with E-state index >= 15 is 0 Å². The highest BCUT2D eigenvalue weighted by Gasteiger charge is 2.57.